The summed E-state index contributed by atoms with van der Waals surface area (Å²) in [6, 6.07) is 0. The molecule has 1 unspecified atom stereocenters. The first-order chi connectivity index (χ1) is 9.67. The summed E-state index contributed by atoms with van der Waals surface area (Å²) in [5.41, 5.74) is 0.778. The number of carbonyl (C=O) groups is 1. The molecular weight excluding hydrogens is 268 g/mol. The van der Waals surface area contributed by atoms with E-state index in [1.54, 1.807) is 32.9 Å². The number of allylic oxidation sites excluding steroid dienone is 2. The molecule has 0 fully saturated rings. The Hall–Kier alpha value is -1.13. The van der Waals surface area contributed by atoms with E-state index in [4.69, 9.17) is 10.2 Å². The molecule has 0 saturated carbocycles. The Morgan fingerprint density at radius 3 is 1.81 bits per heavy atom. The minimum absolute atomic E-state index is 0.407. The molecule has 0 spiro atoms. The van der Waals surface area contributed by atoms with Crippen LogP contribution in [0.5, 0.6) is 0 Å². The van der Waals surface area contributed by atoms with Crippen LogP contribution in [0.3, 0.4) is 0 Å². The molecule has 0 rings (SSSR count). The second kappa shape index (κ2) is 13.8. The maximum absolute atomic E-state index is 10.8. The fourth-order valence-electron chi connectivity index (χ4n) is 1.55. The predicted octanol–water partition coefficient (Wildman–Crippen LogP) is 3.79. The summed E-state index contributed by atoms with van der Waals surface area (Å²) >= 11 is 0. The molecule has 0 saturated heterocycles. The number of hydrogen-bond acceptors (Lipinski definition) is 3. The van der Waals surface area contributed by atoms with E-state index in [-0.39, 0.29) is 0 Å². The maximum Gasteiger partial charge on any atom is 0.312 e. The van der Waals surface area contributed by atoms with Crippen LogP contribution in [0.15, 0.2) is 23.3 Å². The second-order valence-corrected chi connectivity index (χ2v) is 4.99. The molecule has 3 N–H and O–H groups in total. The van der Waals surface area contributed by atoms with Gasteiger partial charge >= 0.3 is 5.97 Å². The van der Waals surface area contributed by atoms with Gasteiger partial charge in [0.05, 0.1) is 12.2 Å². The van der Waals surface area contributed by atoms with Crippen molar-refractivity contribution in [3.05, 3.63) is 23.3 Å². The first-order valence-corrected chi connectivity index (χ1v) is 7.57. The molecule has 0 amide bonds. The van der Waals surface area contributed by atoms with Gasteiger partial charge in [0.1, 0.15) is 5.92 Å². The molecule has 21 heavy (non-hydrogen) atoms. The zero-order chi connectivity index (χ0) is 17.6. The van der Waals surface area contributed by atoms with E-state index in [1.807, 2.05) is 34.6 Å². The summed E-state index contributed by atoms with van der Waals surface area (Å²) in [5.74, 6) is -1.89. The highest BCUT2D eigenvalue weighted by Crippen LogP contribution is 2.16. The summed E-state index contributed by atoms with van der Waals surface area (Å²) in [7, 11) is 0. The minimum atomic E-state index is -1.03. The summed E-state index contributed by atoms with van der Waals surface area (Å²) in [6.07, 6.45) is 3.97. The highest BCUT2D eigenvalue weighted by atomic mass is 16.4. The van der Waals surface area contributed by atoms with Crippen molar-refractivity contribution < 1.29 is 20.1 Å². The summed E-state index contributed by atoms with van der Waals surface area (Å²) < 4.78 is 0. The van der Waals surface area contributed by atoms with E-state index in [9.17, 15) is 9.90 Å². The molecule has 0 aromatic rings. The summed E-state index contributed by atoms with van der Waals surface area (Å²) in [6.45, 7) is 14.6. The van der Waals surface area contributed by atoms with Crippen LogP contribution in [-0.2, 0) is 4.79 Å². The summed E-state index contributed by atoms with van der Waals surface area (Å²) in [5, 5.41) is 27.4. The first kappa shape index (κ1) is 24.9. The third kappa shape index (κ3) is 15.1. The van der Waals surface area contributed by atoms with E-state index >= 15 is 0 Å². The third-order valence-electron chi connectivity index (χ3n) is 2.37. The largest absolute Gasteiger partial charge is 0.481 e. The Kier molecular flexibility index (Phi) is 16.4. The van der Waals surface area contributed by atoms with E-state index in [0.717, 1.165) is 5.57 Å². The number of aliphatic hydroxyl groups excluding tert-OH is 1. The van der Waals surface area contributed by atoms with Crippen LogP contribution in [0.4, 0.5) is 0 Å². The van der Waals surface area contributed by atoms with E-state index < -0.39 is 24.1 Å². The topological polar surface area (TPSA) is 77.8 Å². The molecule has 0 heterocycles. The van der Waals surface area contributed by atoms with Gasteiger partial charge in [0.2, 0.25) is 0 Å². The van der Waals surface area contributed by atoms with Crippen molar-refractivity contribution >= 4 is 5.97 Å². The number of aliphatic hydroxyl groups is 2. The lowest BCUT2D eigenvalue weighted by atomic mass is 9.97. The van der Waals surface area contributed by atoms with Crippen molar-refractivity contribution in [2.45, 2.75) is 67.4 Å². The van der Waals surface area contributed by atoms with Gasteiger partial charge in [-0.2, -0.15) is 0 Å². The standard InChI is InChI=1S/C13H22O4.2C2H6/c1-9(7-13(3,4)17)5-6-10(2)11(8-14)12(15)16;2*1-2/h5-6,11,14,17H,7-8H2,1-4H3,(H,15,16);2*1-2H3/b9-5+,10-6+;;. The average Bonchev–Trinajstić information content (AvgIpc) is 2.39. The zero-order valence-corrected chi connectivity index (χ0v) is 14.9. The highest BCUT2D eigenvalue weighted by molar-refractivity contribution is 5.73. The van der Waals surface area contributed by atoms with Gasteiger partial charge < -0.3 is 15.3 Å². The Bertz CT molecular complexity index is 322. The van der Waals surface area contributed by atoms with Gasteiger partial charge in [-0.3, -0.25) is 4.79 Å². The second-order valence-electron chi connectivity index (χ2n) is 4.99. The fourth-order valence-corrected chi connectivity index (χ4v) is 1.55. The van der Waals surface area contributed by atoms with Crippen LogP contribution < -0.4 is 0 Å². The molecule has 0 bridgehead atoms. The predicted molar refractivity (Wildman–Crippen MR) is 89.3 cm³/mol. The molecule has 126 valence electrons. The average molecular weight is 302 g/mol. The summed E-state index contributed by atoms with van der Waals surface area (Å²) in [4.78, 5) is 10.8. The molecule has 0 aliphatic heterocycles. The molecule has 0 aromatic carbocycles. The van der Waals surface area contributed by atoms with Gasteiger partial charge in [0, 0.05) is 0 Å². The van der Waals surface area contributed by atoms with Crippen LogP contribution >= 0.6 is 0 Å². The lowest BCUT2D eigenvalue weighted by Gasteiger charge is -2.17. The SMILES string of the molecule is C/C(=C\C=C(/C)C(CO)C(=O)O)CC(C)(C)O.CC.CC. The molecule has 4 heteroatoms. The number of carboxylic acid groups (broad SMARTS) is 1. The van der Waals surface area contributed by atoms with Crippen LogP contribution in [0.2, 0.25) is 0 Å². The number of rotatable bonds is 6. The number of hydrogen-bond donors (Lipinski definition) is 3. The maximum atomic E-state index is 10.8. The third-order valence-corrected chi connectivity index (χ3v) is 2.37. The molecule has 0 aliphatic carbocycles. The van der Waals surface area contributed by atoms with Gasteiger partial charge in [0.25, 0.3) is 0 Å². The van der Waals surface area contributed by atoms with Crippen LogP contribution in [0.25, 0.3) is 0 Å². The van der Waals surface area contributed by atoms with E-state index in [1.165, 1.54) is 0 Å². The van der Waals surface area contributed by atoms with E-state index in [0.29, 0.717) is 12.0 Å². The van der Waals surface area contributed by atoms with Crippen molar-refractivity contribution in [3.63, 3.8) is 0 Å². The Morgan fingerprint density at radius 1 is 1.10 bits per heavy atom. The highest BCUT2D eigenvalue weighted by Gasteiger charge is 2.17. The van der Waals surface area contributed by atoms with Crippen molar-refractivity contribution in [2.24, 2.45) is 5.92 Å². The molecule has 1 atom stereocenters. The fraction of sp³-hybridized carbons (Fsp3) is 0.706. The Labute approximate surface area is 130 Å². The van der Waals surface area contributed by atoms with Crippen LogP contribution in [0, 0.1) is 5.92 Å². The zero-order valence-electron chi connectivity index (χ0n) is 14.9. The van der Waals surface area contributed by atoms with Gasteiger partial charge in [-0.15, -0.1) is 0 Å². The smallest absolute Gasteiger partial charge is 0.312 e. The van der Waals surface area contributed by atoms with Crippen molar-refractivity contribution in [3.8, 4) is 0 Å². The van der Waals surface area contributed by atoms with Crippen molar-refractivity contribution in [2.75, 3.05) is 6.61 Å². The molecular formula is C17H34O4. The van der Waals surface area contributed by atoms with Gasteiger partial charge in [-0.05, 0) is 34.1 Å². The lowest BCUT2D eigenvalue weighted by molar-refractivity contribution is -0.141. The quantitative estimate of drug-likeness (QED) is 0.652. The van der Waals surface area contributed by atoms with Crippen LogP contribution in [-0.4, -0.2) is 33.5 Å². The minimum Gasteiger partial charge on any atom is -0.481 e. The van der Waals surface area contributed by atoms with E-state index in [2.05, 4.69) is 0 Å². The Balaban J connectivity index is -0.000000739. The van der Waals surface area contributed by atoms with Gasteiger partial charge in [-0.25, -0.2) is 0 Å². The van der Waals surface area contributed by atoms with Crippen LogP contribution in [0.1, 0.15) is 61.8 Å². The van der Waals surface area contributed by atoms with Gasteiger partial charge in [-0.1, -0.05) is 51.0 Å². The number of carboxylic acids is 1. The van der Waals surface area contributed by atoms with Gasteiger partial charge in [0.15, 0.2) is 0 Å². The molecule has 4 nitrogen and oxygen atoms in total. The first-order valence-electron chi connectivity index (χ1n) is 7.57. The molecule has 0 aromatic heterocycles. The molecule has 0 aliphatic rings. The van der Waals surface area contributed by atoms with Crippen molar-refractivity contribution in [1.82, 2.24) is 0 Å². The monoisotopic (exact) mass is 302 g/mol. The lowest BCUT2D eigenvalue weighted by Crippen LogP contribution is -2.19. The Morgan fingerprint density at radius 2 is 1.52 bits per heavy atom. The normalized spacial score (nSPS) is 13.4. The van der Waals surface area contributed by atoms with Crippen molar-refractivity contribution in [1.29, 1.82) is 0 Å². The number of aliphatic carboxylic acids is 1. The molecule has 0 radical (unpaired) electrons.